The zero-order valence-electron chi connectivity index (χ0n) is 18.9. The van der Waals surface area contributed by atoms with Gasteiger partial charge in [-0.05, 0) is 70.1 Å². The summed E-state index contributed by atoms with van der Waals surface area (Å²) in [7, 11) is 1.90. The Hall–Kier alpha value is -3.97. The van der Waals surface area contributed by atoms with Crippen LogP contribution in [0.15, 0.2) is 54.7 Å². The first-order valence-corrected chi connectivity index (χ1v) is 11.4. The van der Waals surface area contributed by atoms with Gasteiger partial charge in [-0.2, -0.15) is 5.10 Å². The van der Waals surface area contributed by atoms with E-state index in [4.69, 9.17) is 10.5 Å². The molecule has 34 heavy (non-hydrogen) atoms. The third-order valence-corrected chi connectivity index (χ3v) is 6.78. The predicted octanol–water partition coefficient (Wildman–Crippen LogP) is 3.38. The quantitative estimate of drug-likeness (QED) is 0.454. The summed E-state index contributed by atoms with van der Waals surface area (Å²) in [6.07, 6.45) is 2.55. The van der Waals surface area contributed by atoms with Gasteiger partial charge >= 0.3 is 0 Å². The molecule has 2 aliphatic rings. The Morgan fingerprint density at radius 1 is 0.971 bits per heavy atom. The number of ether oxygens (including phenoxy) is 1. The van der Waals surface area contributed by atoms with Crippen molar-refractivity contribution in [2.75, 3.05) is 26.3 Å². The molecule has 1 aliphatic heterocycles. The number of nitrogens with zero attached hydrogens (tertiary/aromatic N) is 3. The number of hydrogen-bond donors (Lipinski definition) is 1. The molecule has 0 bridgehead atoms. The number of aryl methyl sites for hydroxylation is 1. The van der Waals surface area contributed by atoms with Crippen LogP contribution in [0.2, 0.25) is 0 Å². The van der Waals surface area contributed by atoms with Gasteiger partial charge in [0.25, 0.3) is 5.91 Å². The van der Waals surface area contributed by atoms with Gasteiger partial charge in [-0.25, -0.2) is 0 Å². The van der Waals surface area contributed by atoms with E-state index >= 15 is 0 Å². The number of benzene rings is 3. The molecule has 2 amide bonds. The van der Waals surface area contributed by atoms with Crippen molar-refractivity contribution < 1.29 is 14.3 Å². The number of hydrogen-bond acceptors (Lipinski definition) is 4. The largest absolute Gasteiger partial charge is 0.378 e. The summed E-state index contributed by atoms with van der Waals surface area (Å²) in [4.78, 5) is 27.2. The third kappa shape index (κ3) is 3.36. The molecular weight excluding hydrogens is 428 g/mol. The normalized spacial score (nSPS) is 14.8. The topological polar surface area (TPSA) is 90.5 Å². The van der Waals surface area contributed by atoms with E-state index in [2.05, 4.69) is 11.2 Å². The van der Waals surface area contributed by atoms with Crippen LogP contribution in [-0.4, -0.2) is 52.8 Å². The molecule has 0 radical (unpaired) electrons. The van der Waals surface area contributed by atoms with Gasteiger partial charge in [-0.1, -0.05) is 18.2 Å². The van der Waals surface area contributed by atoms with Gasteiger partial charge < -0.3 is 15.4 Å². The smallest absolute Gasteiger partial charge is 0.254 e. The van der Waals surface area contributed by atoms with Crippen LogP contribution < -0.4 is 5.73 Å². The van der Waals surface area contributed by atoms with Crippen LogP contribution in [0.1, 0.15) is 31.8 Å². The average Bonchev–Trinajstić information content (AvgIpc) is 3.41. The number of aromatic nitrogens is 2. The van der Waals surface area contributed by atoms with E-state index in [9.17, 15) is 9.59 Å². The number of primary amides is 1. The van der Waals surface area contributed by atoms with Crippen molar-refractivity contribution in [3.63, 3.8) is 0 Å². The van der Waals surface area contributed by atoms with Gasteiger partial charge in [-0.15, -0.1) is 0 Å². The summed E-state index contributed by atoms with van der Waals surface area (Å²) >= 11 is 0. The zero-order valence-corrected chi connectivity index (χ0v) is 18.9. The Morgan fingerprint density at radius 3 is 2.59 bits per heavy atom. The lowest BCUT2D eigenvalue weighted by atomic mass is 9.93. The number of nitrogens with two attached hydrogens (primary N) is 1. The molecule has 1 saturated heterocycles. The van der Waals surface area contributed by atoms with Crippen LogP contribution in [0.3, 0.4) is 0 Å². The maximum absolute atomic E-state index is 13.0. The highest BCUT2D eigenvalue weighted by atomic mass is 16.5. The van der Waals surface area contributed by atoms with Crippen molar-refractivity contribution in [3.8, 4) is 22.3 Å². The van der Waals surface area contributed by atoms with Gasteiger partial charge in [0.05, 0.1) is 18.7 Å². The molecule has 6 rings (SSSR count). The molecular formula is C27H24N4O3. The maximum atomic E-state index is 13.0. The number of fused-ring (bicyclic) bond motifs is 4. The molecule has 0 unspecified atom stereocenters. The molecule has 7 nitrogen and oxygen atoms in total. The molecule has 0 saturated carbocycles. The number of carbonyl (C=O) groups excluding carboxylic acids is 2. The van der Waals surface area contributed by atoms with E-state index in [0.717, 1.165) is 44.3 Å². The maximum Gasteiger partial charge on any atom is 0.254 e. The van der Waals surface area contributed by atoms with Crippen LogP contribution in [0.5, 0.6) is 0 Å². The molecule has 1 aromatic heterocycles. The number of carbonyl (C=O) groups is 2. The fourth-order valence-electron chi connectivity index (χ4n) is 5.08. The SMILES string of the molecule is Cn1cc2ccc(-c3cc(C(N)=O)c4c(c3)-c3ccc(C(=O)N5CCOCC5)cc3C4)cc2n1. The molecule has 3 aromatic carbocycles. The predicted molar refractivity (Wildman–Crippen MR) is 130 cm³/mol. The van der Waals surface area contributed by atoms with E-state index < -0.39 is 5.91 Å². The van der Waals surface area contributed by atoms with Crippen LogP contribution in [0.25, 0.3) is 33.2 Å². The second-order valence-corrected chi connectivity index (χ2v) is 8.94. The minimum atomic E-state index is -0.450. The lowest BCUT2D eigenvalue weighted by Crippen LogP contribution is -2.40. The van der Waals surface area contributed by atoms with Crippen molar-refractivity contribution in [3.05, 3.63) is 77.0 Å². The van der Waals surface area contributed by atoms with Gasteiger partial charge in [0, 0.05) is 42.8 Å². The Bertz CT molecular complexity index is 1480. The van der Waals surface area contributed by atoms with Crippen molar-refractivity contribution >= 4 is 22.7 Å². The number of rotatable bonds is 3. The van der Waals surface area contributed by atoms with Crippen LogP contribution in [0.4, 0.5) is 0 Å². The summed E-state index contributed by atoms with van der Waals surface area (Å²) in [5, 5.41) is 5.57. The number of morpholine rings is 1. The average molecular weight is 453 g/mol. The Morgan fingerprint density at radius 2 is 1.79 bits per heavy atom. The molecule has 4 aromatic rings. The molecule has 0 atom stereocenters. The second kappa shape index (κ2) is 7.81. The first kappa shape index (κ1) is 20.6. The number of amides is 2. The highest BCUT2D eigenvalue weighted by Crippen LogP contribution is 2.41. The molecule has 7 heteroatoms. The third-order valence-electron chi connectivity index (χ3n) is 6.78. The lowest BCUT2D eigenvalue weighted by molar-refractivity contribution is 0.0303. The highest BCUT2D eigenvalue weighted by Gasteiger charge is 2.27. The zero-order chi connectivity index (χ0) is 23.4. The van der Waals surface area contributed by atoms with Gasteiger partial charge in [-0.3, -0.25) is 14.3 Å². The van der Waals surface area contributed by atoms with E-state index in [0.29, 0.717) is 43.9 Å². The van der Waals surface area contributed by atoms with E-state index in [1.165, 1.54) is 0 Å². The minimum absolute atomic E-state index is 0.0153. The molecule has 1 aliphatic carbocycles. The standard InChI is InChI=1S/C27H24N4O3/c1-30-15-18-3-2-16(14-25(18)29-30)19-11-22-21-5-4-17(27(33)31-6-8-34-9-7-31)10-20(21)13-23(22)24(12-19)26(28)32/h2-5,10-12,14-15H,6-9,13H2,1H3,(H2,28,32). The summed E-state index contributed by atoms with van der Waals surface area (Å²) in [5.41, 5.74) is 13.8. The summed E-state index contributed by atoms with van der Waals surface area (Å²) in [6, 6.07) is 15.9. The van der Waals surface area contributed by atoms with Crippen molar-refractivity contribution in [1.82, 2.24) is 14.7 Å². The summed E-state index contributed by atoms with van der Waals surface area (Å²) in [5.74, 6) is -0.434. The Kier molecular flexibility index (Phi) is 4.74. The molecule has 0 spiro atoms. The first-order valence-electron chi connectivity index (χ1n) is 11.4. The fraction of sp³-hybridized carbons (Fsp3) is 0.222. The van der Waals surface area contributed by atoms with E-state index in [1.807, 2.05) is 60.6 Å². The van der Waals surface area contributed by atoms with Crippen LogP contribution in [0, 0.1) is 0 Å². The van der Waals surface area contributed by atoms with E-state index in [-0.39, 0.29) is 5.91 Å². The fourth-order valence-corrected chi connectivity index (χ4v) is 5.08. The van der Waals surface area contributed by atoms with E-state index in [1.54, 1.807) is 4.68 Å². The molecule has 2 N–H and O–H groups in total. The molecule has 2 heterocycles. The summed E-state index contributed by atoms with van der Waals surface area (Å²) < 4.78 is 7.16. The lowest BCUT2D eigenvalue weighted by Gasteiger charge is -2.27. The minimum Gasteiger partial charge on any atom is -0.378 e. The van der Waals surface area contributed by atoms with Crippen LogP contribution >= 0.6 is 0 Å². The Balaban J connectivity index is 1.42. The monoisotopic (exact) mass is 452 g/mol. The van der Waals surface area contributed by atoms with Gasteiger partial charge in [0.1, 0.15) is 0 Å². The van der Waals surface area contributed by atoms with Crippen molar-refractivity contribution in [2.45, 2.75) is 6.42 Å². The van der Waals surface area contributed by atoms with Crippen LogP contribution in [-0.2, 0) is 18.2 Å². The van der Waals surface area contributed by atoms with Crippen molar-refractivity contribution in [1.29, 1.82) is 0 Å². The Labute approximate surface area is 196 Å². The second-order valence-electron chi connectivity index (χ2n) is 8.94. The van der Waals surface area contributed by atoms with Gasteiger partial charge in [0.15, 0.2) is 0 Å². The van der Waals surface area contributed by atoms with Gasteiger partial charge in [0.2, 0.25) is 5.91 Å². The highest BCUT2D eigenvalue weighted by molar-refractivity contribution is 6.01. The summed E-state index contributed by atoms with van der Waals surface area (Å²) in [6.45, 7) is 2.34. The first-order chi connectivity index (χ1) is 16.5. The molecule has 1 fully saturated rings. The van der Waals surface area contributed by atoms with Crippen molar-refractivity contribution in [2.24, 2.45) is 12.8 Å². The molecule has 170 valence electrons.